The molecule has 160 valence electrons. The molecule has 3 heterocycles. The molecule has 1 aromatic carbocycles. The summed E-state index contributed by atoms with van der Waals surface area (Å²) < 4.78 is 0. The minimum atomic E-state index is -0.387. The fourth-order valence-corrected chi connectivity index (χ4v) is 4.45. The lowest BCUT2D eigenvalue weighted by Gasteiger charge is -2.34. The van der Waals surface area contributed by atoms with Gasteiger partial charge in [-0.3, -0.25) is 9.78 Å². The fourth-order valence-electron chi connectivity index (χ4n) is 4.45. The number of aliphatic hydroxyl groups excluding tert-OH is 1. The van der Waals surface area contributed by atoms with Crippen LogP contribution >= 0.6 is 0 Å². The van der Waals surface area contributed by atoms with Gasteiger partial charge >= 0.3 is 0 Å². The molecule has 0 radical (unpaired) electrons. The fraction of sp³-hybridized carbons (Fsp3) is 0.500. The van der Waals surface area contributed by atoms with Gasteiger partial charge in [-0.1, -0.05) is 0 Å². The number of amides is 1. The third kappa shape index (κ3) is 5.37. The number of rotatable bonds is 6. The molecular weight excluding hydrogens is 376 g/mol. The number of aliphatic hydroxyl groups is 1. The number of hydrogen-bond donors (Lipinski definition) is 2. The van der Waals surface area contributed by atoms with Gasteiger partial charge in [0.25, 0.3) is 5.91 Å². The Hall–Kier alpha value is -2.44. The van der Waals surface area contributed by atoms with E-state index in [4.69, 9.17) is 0 Å². The van der Waals surface area contributed by atoms with Crippen molar-refractivity contribution in [1.82, 2.24) is 15.2 Å². The standard InChI is InChI=1S/C24H32N4O2/c29-23-2-1-15-28(18-23)24(30)20-3-5-22(6-4-20)27-16-10-21(11-17-27)26-14-9-19-7-12-25-13-8-19/h3-8,12-13,21,23,26,29H,1-2,9-11,14-18H2. The SMILES string of the molecule is O=C(c1ccc(N2CCC(NCCc3ccncc3)CC2)cc1)N1CCCC(O)C1. The van der Waals surface area contributed by atoms with Crippen LogP contribution in [0.25, 0.3) is 0 Å². The Morgan fingerprint density at radius 1 is 1.03 bits per heavy atom. The molecule has 2 aromatic rings. The summed E-state index contributed by atoms with van der Waals surface area (Å²) in [5.74, 6) is 0.0254. The van der Waals surface area contributed by atoms with E-state index in [1.165, 1.54) is 11.3 Å². The topological polar surface area (TPSA) is 68.7 Å². The van der Waals surface area contributed by atoms with E-state index in [0.29, 0.717) is 18.2 Å². The van der Waals surface area contributed by atoms with E-state index in [0.717, 1.165) is 58.3 Å². The predicted octanol–water partition coefficient (Wildman–Crippen LogP) is 2.48. The van der Waals surface area contributed by atoms with Crippen molar-refractivity contribution in [2.24, 2.45) is 0 Å². The summed E-state index contributed by atoms with van der Waals surface area (Å²) in [5.41, 5.74) is 3.21. The molecule has 1 aromatic heterocycles. The van der Waals surface area contributed by atoms with Crippen molar-refractivity contribution >= 4 is 11.6 Å². The Bertz CT molecular complexity index is 804. The van der Waals surface area contributed by atoms with Crippen LogP contribution in [0, 0.1) is 0 Å². The summed E-state index contributed by atoms with van der Waals surface area (Å²) in [4.78, 5) is 20.9. The van der Waals surface area contributed by atoms with Crippen LogP contribution in [0.5, 0.6) is 0 Å². The van der Waals surface area contributed by atoms with E-state index in [2.05, 4.69) is 39.5 Å². The molecule has 6 nitrogen and oxygen atoms in total. The number of β-amino-alcohol motifs (C(OH)–C–C–N with tert-alkyl or cyclic N) is 1. The van der Waals surface area contributed by atoms with Gasteiger partial charge in [-0.2, -0.15) is 0 Å². The van der Waals surface area contributed by atoms with Crippen LogP contribution in [0.1, 0.15) is 41.6 Å². The first-order valence-corrected chi connectivity index (χ1v) is 11.1. The van der Waals surface area contributed by atoms with Crippen molar-refractivity contribution < 1.29 is 9.90 Å². The number of carbonyl (C=O) groups is 1. The maximum Gasteiger partial charge on any atom is 0.253 e. The summed E-state index contributed by atoms with van der Waals surface area (Å²) in [7, 11) is 0. The molecule has 2 aliphatic rings. The molecule has 1 unspecified atom stereocenters. The van der Waals surface area contributed by atoms with E-state index in [-0.39, 0.29) is 12.0 Å². The van der Waals surface area contributed by atoms with Crippen LogP contribution in [0.4, 0.5) is 5.69 Å². The third-order valence-corrected chi connectivity index (χ3v) is 6.25. The van der Waals surface area contributed by atoms with E-state index >= 15 is 0 Å². The molecule has 0 aliphatic carbocycles. The number of aromatic nitrogens is 1. The summed E-state index contributed by atoms with van der Waals surface area (Å²) >= 11 is 0. The second kappa shape index (κ2) is 10.0. The van der Waals surface area contributed by atoms with Crippen molar-refractivity contribution in [2.45, 2.75) is 44.2 Å². The summed E-state index contributed by atoms with van der Waals surface area (Å²) in [5, 5.41) is 13.5. The average molecular weight is 409 g/mol. The molecule has 2 saturated heterocycles. The predicted molar refractivity (Wildman–Crippen MR) is 119 cm³/mol. The number of hydrogen-bond acceptors (Lipinski definition) is 5. The maximum atomic E-state index is 12.7. The molecule has 1 amide bonds. The summed E-state index contributed by atoms with van der Waals surface area (Å²) in [6, 6.07) is 12.7. The lowest BCUT2D eigenvalue weighted by atomic mass is 10.0. The normalized spacial score (nSPS) is 20.4. The molecule has 2 fully saturated rings. The Balaban J connectivity index is 1.23. The molecule has 0 bridgehead atoms. The number of anilines is 1. The van der Waals surface area contributed by atoms with Gasteiger partial charge in [-0.25, -0.2) is 0 Å². The molecule has 2 N–H and O–H groups in total. The van der Waals surface area contributed by atoms with E-state index < -0.39 is 0 Å². The maximum absolute atomic E-state index is 12.7. The monoisotopic (exact) mass is 408 g/mol. The van der Waals surface area contributed by atoms with Crippen LogP contribution < -0.4 is 10.2 Å². The number of benzene rings is 1. The molecule has 30 heavy (non-hydrogen) atoms. The summed E-state index contributed by atoms with van der Waals surface area (Å²) in [6.45, 7) is 4.23. The molecule has 0 spiro atoms. The zero-order valence-electron chi connectivity index (χ0n) is 17.5. The number of nitrogens with zero attached hydrogens (tertiary/aromatic N) is 3. The largest absolute Gasteiger partial charge is 0.391 e. The molecule has 2 aliphatic heterocycles. The van der Waals surface area contributed by atoms with Crippen molar-refractivity contribution in [3.63, 3.8) is 0 Å². The lowest BCUT2D eigenvalue weighted by molar-refractivity contribution is 0.0474. The van der Waals surface area contributed by atoms with Crippen molar-refractivity contribution in [1.29, 1.82) is 0 Å². The van der Waals surface area contributed by atoms with Gasteiger partial charge in [-0.05, 0) is 80.6 Å². The smallest absolute Gasteiger partial charge is 0.253 e. The van der Waals surface area contributed by atoms with Crippen LogP contribution in [0.3, 0.4) is 0 Å². The molecule has 6 heteroatoms. The molecule has 4 rings (SSSR count). The van der Waals surface area contributed by atoms with E-state index in [9.17, 15) is 9.90 Å². The van der Waals surface area contributed by atoms with Crippen molar-refractivity contribution in [2.75, 3.05) is 37.6 Å². The minimum absolute atomic E-state index is 0.0254. The zero-order chi connectivity index (χ0) is 20.8. The highest BCUT2D eigenvalue weighted by molar-refractivity contribution is 5.94. The molecule has 0 saturated carbocycles. The second-order valence-corrected chi connectivity index (χ2v) is 8.42. The van der Waals surface area contributed by atoms with Crippen molar-refractivity contribution in [3.05, 3.63) is 59.9 Å². The number of carbonyl (C=O) groups excluding carboxylic acids is 1. The van der Waals surface area contributed by atoms with Crippen LogP contribution in [-0.2, 0) is 6.42 Å². The van der Waals surface area contributed by atoms with Gasteiger partial charge in [0.05, 0.1) is 6.10 Å². The van der Waals surface area contributed by atoms with Gasteiger partial charge in [-0.15, -0.1) is 0 Å². The lowest BCUT2D eigenvalue weighted by Crippen LogP contribution is -2.43. The van der Waals surface area contributed by atoms with Crippen LogP contribution in [0.15, 0.2) is 48.8 Å². The minimum Gasteiger partial charge on any atom is -0.391 e. The first-order valence-electron chi connectivity index (χ1n) is 11.1. The highest BCUT2D eigenvalue weighted by Gasteiger charge is 2.23. The quantitative estimate of drug-likeness (QED) is 0.769. The van der Waals surface area contributed by atoms with E-state index in [1.54, 1.807) is 4.90 Å². The Morgan fingerprint density at radius 3 is 2.47 bits per heavy atom. The van der Waals surface area contributed by atoms with E-state index in [1.807, 2.05) is 24.5 Å². The van der Waals surface area contributed by atoms with Crippen LogP contribution in [0.2, 0.25) is 0 Å². The first kappa shape index (κ1) is 20.8. The zero-order valence-corrected chi connectivity index (χ0v) is 17.5. The third-order valence-electron chi connectivity index (χ3n) is 6.25. The van der Waals surface area contributed by atoms with Crippen LogP contribution in [-0.4, -0.2) is 65.8 Å². The number of likely N-dealkylation sites (tertiary alicyclic amines) is 1. The van der Waals surface area contributed by atoms with Gasteiger partial charge < -0.3 is 20.2 Å². The average Bonchev–Trinajstić information content (AvgIpc) is 2.80. The second-order valence-electron chi connectivity index (χ2n) is 8.42. The highest BCUT2D eigenvalue weighted by Crippen LogP contribution is 2.22. The van der Waals surface area contributed by atoms with Gasteiger partial charge in [0, 0.05) is 55.9 Å². The summed E-state index contributed by atoms with van der Waals surface area (Å²) in [6.07, 6.45) is 8.26. The Kier molecular flexibility index (Phi) is 6.97. The number of pyridine rings is 1. The van der Waals surface area contributed by atoms with Gasteiger partial charge in [0.1, 0.15) is 0 Å². The van der Waals surface area contributed by atoms with Gasteiger partial charge in [0.2, 0.25) is 0 Å². The van der Waals surface area contributed by atoms with Crippen molar-refractivity contribution in [3.8, 4) is 0 Å². The Labute approximate surface area is 178 Å². The number of piperidine rings is 2. The first-order chi connectivity index (χ1) is 14.7. The number of nitrogens with one attached hydrogen (secondary N) is 1. The molecule has 1 atom stereocenters. The Morgan fingerprint density at radius 2 is 1.77 bits per heavy atom. The van der Waals surface area contributed by atoms with Gasteiger partial charge in [0.15, 0.2) is 0 Å². The highest BCUT2D eigenvalue weighted by atomic mass is 16.3. The molecular formula is C24H32N4O2.